The highest BCUT2D eigenvalue weighted by Crippen LogP contribution is 2.25. The van der Waals surface area contributed by atoms with Crippen LogP contribution in [-0.2, 0) is 4.79 Å². The molecular formula is C18H24N2O3. The lowest BCUT2D eigenvalue weighted by molar-refractivity contribution is -0.121. The number of carbonyl (C=O) groups is 1. The van der Waals surface area contributed by atoms with Gasteiger partial charge in [0.05, 0.1) is 18.2 Å². The number of hydrogen-bond donors (Lipinski definition) is 2. The zero-order valence-electron chi connectivity index (χ0n) is 13.7. The largest absolute Gasteiger partial charge is 0.445 e. The first-order valence-corrected chi connectivity index (χ1v) is 8.08. The normalized spacial score (nSPS) is 11.4. The molecule has 0 fully saturated rings. The quantitative estimate of drug-likeness (QED) is 0.772. The predicted octanol–water partition coefficient (Wildman–Crippen LogP) is 4.00. The Labute approximate surface area is 136 Å². The van der Waals surface area contributed by atoms with Gasteiger partial charge in [-0.3, -0.25) is 4.79 Å². The number of nitrogens with zero attached hydrogens (tertiary/aromatic N) is 1. The van der Waals surface area contributed by atoms with Gasteiger partial charge in [-0.2, -0.15) is 0 Å². The van der Waals surface area contributed by atoms with Crippen LogP contribution in [0.25, 0.3) is 11.5 Å². The molecular weight excluding hydrogens is 292 g/mol. The lowest BCUT2D eigenvalue weighted by Crippen LogP contribution is -2.33. The Bertz CT molecular complexity index is 600. The number of nitrogens with one attached hydrogen (secondary N) is 1. The third kappa shape index (κ3) is 4.93. The van der Waals surface area contributed by atoms with Crippen molar-refractivity contribution < 1.29 is 14.3 Å². The first kappa shape index (κ1) is 17.2. The van der Waals surface area contributed by atoms with Crippen molar-refractivity contribution in [2.24, 2.45) is 0 Å². The van der Waals surface area contributed by atoms with Gasteiger partial charge in [-0.25, -0.2) is 4.98 Å². The molecule has 0 radical (unpaired) electrons. The molecule has 0 spiro atoms. The second-order valence-electron chi connectivity index (χ2n) is 5.86. The van der Waals surface area contributed by atoms with Crippen LogP contribution in [0.15, 0.2) is 41.1 Å². The van der Waals surface area contributed by atoms with Crippen LogP contribution in [0.3, 0.4) is 0 Å². The minimum Gasteiger partial charge on any atom is -0.445 e. The summed E-state index contributed by atoms with van der Waals surface area (Å²) in [6, 6.07) is 7.28. The average Bonchev–Trinajstić information content (AvgIpc) is 3.02. The highest BCUT2D eigenvalue weighted by molar-refractivity contribution is 5.91. The summed E-state index contributed by atoms with van der Waals surface area (Å²) in [4.78, 5) is 16.3. The van der Waals surface area contributed by atoms with E-state index in [2.05, 4.69) is 10.3 Å². The molecule has 2 N–H and O–H groups in total. The lowest BCUT2D eigenvalue weighted by Gasteiger charge is -2.26. The molecule has 23 heavy (non-hydrogen) atoms. The molecule has 1 aromatic carbocycles. The van der Waals surface area contributed by atoms with Gasteiger partial charge in [-0.05, 0) is 37.1 Å². The number of rotatable bonds is 8. The van der Waals surface area contributed by atoms with E-state index in [1.165, 1.54) is 6.26 Å². The first-order chi connectivity index (χ1) is 11.1. The van der Waals surface area contributed by atoms with E-state index < -0.39 is 5.60 Å². The van der Waals surface area contributed by atoms with Crippen molar-refractivity contribution in [2.75, 3.05) is 5.32 Å². The molecule has 0 saturated carbocycles. The van der Waals surface area contributed by atoms with Crippen molar-refractivity contribution in [3.63, 3.8) is 0 Å². The van der Waals surface area contributed by atoms with Crippen LogP contribution < -0.4 is 5.32 Å². The van der Waals surface area contributed by atoms with Gasteiger partial charge in [0.1, 0.15) is 6.26 Å². The Morgan fingerprint density at radius 1 is 1.22 bits per heavy atom. The summed E-state index contributed by atoms with van der Waals surface area (Å²) in [6.07, 6.45) is 6.22. The Hall–Kier alpha value is -2.14. The summed E-state index contributed by atoms with van der Waals surface area (Å²) in [5.41, 5.74) is 0.633. The van der Waals surface area contributed by atoms with Crippen molar-refractivity contribution >= 4 is 11.6 Å². The van der Waals surface area contributed by atoms with Gasteiger partial charge in [0, 0.05) is 11.3 Å². The van der Waals surface area contributed by atoms with Crippen molar-refractivity contribution in [1.29, 1.82) is 0 Å². The fourth-order valence-corrected chi connectivity index (χ4v) is 2.80. The molecule has 0 saturated heterocycles. The molecule has 5 nitrogen and oxygen atoms in total. The Morgan fingerprint density at radius 3 is 2.39 bits per heavy atom. The molecule has 2 rings (SSSR count). The number of hydrogen-bond acceptors (Lipinski definition) is 4. The number of oxazole rings is 1. The molecule has 124 valence electrons. The highest BCUT2D eigenvalue weighted by Gasteiger charge is 2.28. The Morgan fingerprint density at radius 2 is 1.87 bits per heavy atom. The van der Waals surface area contributed by atoms with Crippen LogP contribution >= 0.6 is 0 Å². The minimum absolute atomic E-state index is 0.121. The zero-order valence-corrected chi connectivity index (χ0v) is 13.7. The van der Waals surface area contributed by atoms with Crippen LogP contribution in [0.4, 0.5) is 5.69 Å². The summed E-state index contributed by atoms with van der Waals surface area (Å²) >= 11 is 0. The van der Waals surface area contributed by atoms with E-state index in [9.17, 15) is 9.90 Å². The average molecular weight is 316 g/mol. The van der Waals surface area contributed by atoms with E-state index >= 15 is 0 Å². The molecule has 0 atom stereocenters. The van der Waals surface area contributed by atoms with E-state index in [-0.39, 0.29) is 12.3 Å². The molecule has 0 aliphatic heterocycles. The molecule has 0 aliphatic rings. The molecule has 2 aromatic rings. The molecule has 0 unspecified atom stereocenters. The van der Waals surface area contributed by atoms with Crippen LogP contribution in [0, 0.1) is 0 Å². The topological polar surface area (TPSA) is 75.4 Å². The summed E-state index contributed by atoms with van der Waals surface area (Å²) in [6.45, 7) is 4.03. The second-order valence-corrected chi connectivity index (χ2v) is 5.86. The van der Waals surface area contributed by atoms with Crippen LogP contribution in [0.2, 0.25) is 0 Å². The number of amides is 1. The SMILES string of the molecule is CCCC(O)(CCC)CC(=O)Nc1ccc(-c2ncco2)cc1. The third-order valence-corrected chi connectivity index (χ3v) is 3.77. The van der Waals surface area contributed by atoms with Gasteiger partial charge in [0.2, 0.25) is 11.8 Å². The van der Waals surface area contributed by atoms with Crippen molar-refractivity contribution in [3.8, 4) is 11.5 Å². The predicted molar refractivity (Wildman–Crippen MR) is 90.0 cm³/mol. The van der Waals surface area contributed by atoms with Gasteiger partial charge in [0.25, 0.3) is 0 Å². The van der Waals surface area contributed by atoms with Crippen molar-refractivity contribution in [2.45, 2.75) is 51.6 Å². The van der Waals surface area contributed by atoms with E-state index in [1.54, 1.807) is 18.3 Å². The van der Waals surface area contributed by atoms with Gasteiger partial charge >= 0.3 is 0 Å². The van der Waals surface area contributed by atoms with Crippen molar-refractivity contribution in [1.82, 2.24) is 4.98 Å². The number of anilines is 1. The van der Waals surface area contributed by atoms with Crippen LogP contribution in [-0.4, -0.2) is 21.6 Å². The summed E-state index contributed by atoms with van der Waals surface area (Å²) in [5.74, 6) is 0.376. The summed E-state index contributed by atoms with van der Waals surface area (Å²) in [7, 11) is 0. The Kier molecular flexibility index (Phi) is 5.93. The fourth-order valence-electron chi connectivity index (χ4n) is 2.80. The second kappa shape index (κ2) is 7.92. The summed E-state index contributed by atoms with van der Waals surface area (Å²) in [5, 5.41) is 13.4. The monoisotopic (exact) mass is 316 g/mol. The molecule has 1 heterocycles. The maximum Gasteiger partial charge on any atom is 0.227 e. The molecule has 0 bridgehead atoms. The number of carbonyl (C=O) groups excluding carboxylic acids is 1. The van der Waals surface area contributed by atoms with E-state index in [0.29, 0.717) is 24.4 Å². The van der Waals surface area contributed by atoms with Gasteiger partial charge < -0.3 is 14.8 Å². The van der Waals surface area contributed by atoms with Gasteiger partial charge in [-0.15, -0.1) is 0 Å². The smallest absolute Gasteiger partial charge is 0.227 e. The van der Waals surface area contributed by atoms with E-state index in [0.717, 1.165) is 18.4 Å². The first-order valence-electron chi connectivity index (χ1n) is 8.08. The van der Waals surface area contributed by atoms with E-state index in [1.807, 2.05) is 26.0 Å². The van der Waals surface area contributed by atoms with Crippen LogP contribution in [0.5, 0.6) is 0 Å². The third-order valence-electron chi connectivity index (χ3n) is 3.77. The Balaban J connectivity index is 1.97. The lowest BCUT2D eigenvalue weighted by atomic mass is 9.89. The minimum atomic E-state index is -0.911. The standard InChI is InChI=1S/C18H24N2O3/c1-3-9-18(22,10-4-2)13-16(21)20-15-7-5-14(6-8-15)17-19-11-12-23-17/h5-8,11-12,22H,3-4,9-10,13H2,1-2H3,(H,20,21). The zero-order chi connectivity index (χ0) is 16.7. The van der Waals surface area contributed by atoms with Gasteiger partial charge in [-0.1, -0.05) is 26.7 Å². The maximum absolute atomic E-state index is 12.2. The number of aliphatic hydroxyl groups is 1. The van der Waals surface area contributed by atoms with Crippen molar-refractivity contribution in [3.05, 3.63) is 36.7 Å². The van der Waals surface area contributed by atoms with E-state index in [4.69, 9.17) is 4.42 Å². The fraction of sp³-hybridized carbons (Fsp3) is 0.444. The molecule has 1 amide bonds. The molecule has 5 heteroatoms. The highest BCUT2D eigenvalue weighted by atomic mass is 16.3. The van der Waals surface area contributed by atoms with Crippen LogP contribution in [0.1, 0.15) is 46.0 Å². The van der Waals surface area contributed by atoms with Gasteiger partial charge in [0.15, 0.2) is 0 Å². The number of aromatic nitrogens is 1. The maximum atomic E-state index is 12.2. The molecule has 1 aromatic heterocycles. The molecule has 0 aliphatic carbocycles. The summed E-state index contributed by atoms with van der Waals surface area (Å²) < 4.78 is 5.23. The number of benzene rings is 1.